The highest BCUT2D eigenvalue weighted by Gasteiger charge is 2.33. The van der Waals surface area contributed by atoms with Crippen LogP contribution in [0.1, 0.15) is 27.2 Å². The number of carboxylic acid groups (broad SMARTS) is 2. The van der Waals surface area contributed by atoms with Crippen molar-refractivity contribution < 1.29 is 19.8 Å². The van der Waals surface area contributed by atoms with Crippen LogP contribution in [0.2, 0.25) is 0 Å². The van der Waals surface area contributed by atoms with Crippen LogP contribution in [-0.2, 0) is 13.1 Å². The Morgan fingerprint density at radius 2 is 2.08 bits per heavy atom. The summed E-state index contributed by atoms with van der Waals surface area (Å²) in [6, 6.07) is 3.76. The lowest BCUT2D eigenvalue weighted by Crippen LogP contribution is -2.37. The minimum atomic E-state index is -1.24. The van der Waals surface area contributed by atoms with E-state index in [9.17, 15) is 25.1 Å². The Morgan fingerprint density at radius 3 is 2.67 bits per heavy atom. The third-order valence-electron chi connectivity index (χ3n) is 4.20. The van der Waals surface area contributed by atoms with Crippen molar-refractivity contribution in [2.45, 2.75) is 20.0 Å². The number of carbonyl (C=O) groups is 2. The lowest BCUT2D eigenvalue weighted by Gasteiger charge is -2.27. The summed E-state index contributed by atoms with van der Waals surface area (Å²) >= 11 is 0. The van der Waals surface area contributed by atoms with Gasteiger partial charge in [-0.2, -0.15) is 5.26 Å². The number of hydrogen-bond acceptors (Lipinski definition) is 4. The number of amides is 1. The number of aromatic carboxylic acids is 1. The molecule has 0 atom stereocenters. The van der Waals surface area contributed by atoms with E-state index in [-0.39, 0.29) is 30.8 Å². The third-order valence-corrected chi connectivity index (χ3v) is 4.20. The summed E-state index contributed by atoms with van der Waals surface area (Å²) in [7, 11) is 0. The highest BCUT2D eigenvalue weighted by atomic mass is 16.4. The Kier molecular flexibility index (Phi) is 3.69. The zero-order chi connectivity index (χ0) is 17.4. The first-order valence-electron chi connectivity index (χ1n) is 7.23. The van der Waals surface area contributed by atoms with Crippen LogP contribution in [0, 0.1) is 18.3 Å². The maximum atomic E-state index is 11.7. The first-order chi connectivity index (χ1) is 11.5. The number of pyridine rings is 1. The summed E-state index contributed by atoms with van der Waals surface area (Å²) in [5, 5.41) is 28.3. The topological polar surface area (TPSA) is 119 Å². The van der Waals surface area contributed by atoms with E-state index in [2.05, 4.69) is 4.98 Å². The monoisotopic (exact) mass is 326 g/mol. The van der Waals surface area contributed by atoms with Gasteiger partial charge < -0.3 is 19.7 Å². The Hall–Kier alpha value is -3.34. The molecule has 0 fully saturated rings. The van der Waals surface area contributed by atoms with E-state index in [1.54, 1.807) is 23.0 Å². The fourth-order valence-corrected chi connectivity index (χ4v) is 3.05. The molecule has 8 heteroatoms. The van der Waals surface area contributed by atoms with Crippen molar-refractivity contribution in [2.24, 2.45) is 0 Å². The number of aryl methyl sites for hydroxylation is 1. The van der Waals surface area contributed by atoms with Crippen LogP contribution >= 0.6 is 0 Å². The van der Waals surface area contributed by atoms with E-state index >= 15 is 0 Å². The Bertz CT molecular complexity index is 894. The molecule has 0 bridgehead atoms. The molecule has 0 saturated carbocycles. The standard InChI is InChI=1S/C16H14N4O4/c1-9-2-3-18-7-11(9)14-10(6-17)13(15(21)22)12-8-19(16(23)24)4-5-20(12)14/h2-3,7H,4-5,8H2,1H3,(H,21,22)(H,23,24). The van der Waals surface area contributed by atoms with Crippen molar-refractivity contribution in [3.8, 4) is 17.3 Å². The van der Waals surface area contributed by atoms with E-state index in [0.29, 0.717) is 17.0 Å². The van der Waals surface area contributed by atoms with Crippen molar-refractivity contribution in [1.82, 2.24) is 14.5 Å². The molecule has 0 unspecified atom stereocenters. The summed E-state index contributed by atoms with van der Waals surface area (Å²) in [5.41, 5.74) is 2.25. The van der Waals surface area contributed by atoms with E-state index in [1.165, 1.54) is 0 Å². The Labute approximate surface area is 137 Å². The average molecular weight is 326 g/mol. The van der Waals surface area contributed by atoms with E-state index in [1.807, 2.05) is 13.0 Å². The van der Waals surface area contributed by atoms with Crippen LogP contribution in [0.4, 0.5) is 4.79 Å². The Morgan fingerprint density at radius 1 is 1.33 bits per heavy atom. The van der Waals surface area contributed by atoms with Gasteiger partial charge >= 0.3 is 12.1 Å². The van der Waals surface area contributed by atoms with Crippen LogP contribution < -0.4 is 0 Å². The molecule has 1 amide bonds. The van der Waals surface area contributed by atoms with Crippen LogP contribution in [0.3, 0.4) is 0 Å². The zero-order valence-electron chi connectivity index (χ0n) is 12.9. The molecule has 3 rings (SSSR count). The number of nitrogens with zero attached hydrogens (tertiary/aromatic N) is 4. The fraction of sp³-hybridized carbons (Fsp3) is 0.250. The molecule has 2 N–H and O–H groups in total. The molecule has 122 valence electrons. The normalized spacial score (nSPS) is 13.2. The van der Waals surface area contributed by atoms with E-state index < -0.39 is 12.1 Å². The maximum Gasteiger partial charge on any atom is 0.407 e. The maximum absolute atomic E-state index is 11.7. The quantitative estimate of drug-likeness (QED) is 0.870. The van der Waals surface area contributed by atoms with Crippen molar-refractivity contribution in [1.29, 1.82) is 5.26 Å². The molecule has 0 saturated heterocycles. The second-order valence-corrected chi connectivity index (χ2v) is 5.51. The molecular weight excluding hydrogens is 312 g/mol. The SMILES string of the molecule is Cc1ccncc1-c1c(C#N)c(C(=O)O)c2n1CCN(C(=O)O)C2. The van der Waals surface area contributed by atoms with Crippen LogP contribution in [-0.4, -0.2) is 43.3 Å². The molecule has 3 heterocycles. The largest absolute Gasteiger partial charge is 0.478 e. The Balaban J connectivity index is 2.31. The number of carboxylic acids is 1. The van der Waals surface area contributed by atoms with Crippen LogP contribution in [0.15, 0.2) is 18.5 Å². The first kappa shape index (κ1) is 15.6. The minimum Gasteiger partial charge on any atom is -0.478 e. The average Bonchev–Trinajstić information content (AvgIpc) is 2.88. The van der Waals surface area contributed by atoms with Gasteiger partial charge in [-0.1, -0.05) is 0 Å². The number of aromatic nitrogens is 2. The lowest BCUT2D eigenvalue weighted by atomic mass is 10.0. The van der Waals surface area contributed by atoms with Crippen molar-refractivity contribution >= 4 is 12.1 Å². The first-order valence-corrected chi connectivity index (χ1v) is 7.23. The molecular formula is C16H14N4O4. The molecule has 0 aliphatic carbocycles. The van der Waals surface area contributed by atoms with Crippen molar-refractivity contribution in [2.75, 3.05) is 6.54 Å². The second-order valence-electron chi connectivity index (χ2n) is 5.51. The molecule has 0 radical (unpaired) electrons. The number of fused-ring (bicyclic) bond motifs is 1. The van der Waals surface area contributed by atoms with Gasteiger partial charge in [0, 0.05) is 31.0 Å². The fourth-order valence-electron chi connectivity index (χ4n) is 3.05. The smallest absolute Gasteiger partial charge is 0.407 e. The highest BCUT2D eigenvalue weighted by molar-refractivity contribution is 5.96. The highest BCUT2D eigenvalue weighted by Crippen LogP contribution is 2.35. The van der Waals surface area contributed by atoms with Gasteiger partial charge in [-0.15, -0.1) is 0 Å². The summed E-state index contributed by atoms with van der Waals surface area (Å²) in [5.74, 6) is -1.24. The summed E-state index contributed by atoms with van der Waals surface area (Å²) < 4.78 is 1.73. The summed E-state index contributed by atoms with van der Waals surface area (Å²) in [6.45, 7) is 2.30. The minimum absolute atomic E-state index is 0.0424. The lowest BCUT2D eigenvalue weighted by molar-refractivity contribution is 0.0691. The molecule has 0 aromatic carbocycles. The summed E-state index contributed by atoms with van der Waals surface area (Å²) in [6.07, 6.45) is 2.10. The summed E-state index contributed by atoms with van der Waals surface area (Å²) in [4.78, 5) is 28.1. The third kappa shape index (κ3) is 2.27. The molecule has 8 nitrogen and oxygen atoms in total. The zero-order valence-corrected chi connectivity index (χ0v) is 12.9. The van der Waals surface area contributed by atoms with Crippen molar-refractivity contribution in [3.05, 3.63) is 40.8 Å². The van der Waals surface area contributed by atoms with Gasteiger partial charge in [-0.25, -0.2) is 9.59 Å². The van der Waals surface area contributed by atoms with Crippen molar-refractivity contribution in [3.63, 3.8) is 0 Å². The predicted octanol–water partition coefficient (Wildman–Crippen LogP) is 1.92. The number of rotatable bonds is 2. The van der Waals surface area contributed by atoms with Gasteiger partial charge in [0.05, 0.1) is 23.5 Å². The van der Waals surface area contributed by atoms with Crippen LogP contribution in [0.5, 0.6) is 0 Å². The molecule has 1 aliphatic heterocycles. The predicted molar refractivity (Wildman–Crippen MR) is 82.5 cm³/mol. The molecule has 1 aliphatic rings. The second kappa shape index (κ2) is 5.70. The number of nitriles is 1. The van der Waals surface area contributed by atoms with Gasteiger partial charge in [-0.05, 0) is 18.6 Å². The van der Waals surface area contributed by atoms with Gasteiger partial charge in [0.1, 0.15) is 11.6 Å². The molecule has 24 heavy (non-hydrogen) atoms. The van der Waals surface area contributed by atoms with E-state index in [4.69, 9.17) is 0 Å². The molecule has 2 aromatic heterocycles. The molecule has 2 aromatic rings. The number of hydrogen-bond donors (Lipinski definition) is 2. The van der Waals surface area contributed by atoms with Gasteiger partial charge in [0.15, 0.2) is 0 Å². The van der Waals surface area contributed by atoms with Gasteiger partial charge in [-0.3, -0.25) is 4.98 Å². The van der Waals surface area contributed by atoms with Crippen LogP contribution in [0.25, 0.3) is 11.3 Å². The molecule has 0 spiro atoms. The van der Waals surface area contributed by atoms with Gasteiger partial charge in [0.2, 0.25) is 0 Å². The van der Waals surface area contributed by atoms with Gasteiger partial charge in [0.25, 0.3) is 0 Å². The van der Waals surface area contributed by atoms with E-state index in [0.717, 1.165) is 10.5 Å².